The Bertz CT molecular complexity index is 1400. The number of para-hydroxylation sites is 1. The zero-order valence-corrected chi connectivity index (χ0v) is 21.0. The Kier molecular flexibility index (Phi) is 6.43. The Morgan fingerprint density at radius 3 is 2.16 bits per heavy atom. The van der Waals surface area contributed by atoms with Crippen molar-refractivity contribution >= 4 is 11.9 Å². The zero-order chi connectivity index (χ0) is 26.1. The average Bonchev–Trinajstić information content (AvgIpc) is 3.37. The van der Waals surface area contributed by atoms with Crippen molar-refractivity contribution in [2.75, 3.05) is 27.4 Å². The molecule has 190 valence electrons. The minimum absolute atomic E-state index is 0.305. The van der Waals surface area contributed by atoms with E-state index in [1.54, 1.807) is 18.5 Å². The number of nitrogens with zero attached hydrogens (tertiary/aromatic N) is 2. The molecular weight excluding hydrogens is 474 g/mol. The van der Waals surface area contributed by atoms with Crippen molar-refractivity contribution in [3.05, 3.63) is 82.8 Å². The molecule has 0 atom stereocenters. The highest BCUT2D eigenvalue weighted by Gasteiger charge is 2.40. The summed E-state index contributed by atoms with van der Waals surface area (Å²) in [5.74, 6) is -0.636. The van der Waals surface area contributed by atoms with Crippen LogP contribution in [0.3, 0.4) is 0 Å². The van der Waals surface area contributed by atoms with Crippen LogP contribution in [0.25, 0.3) is 16.9 Å². The van der Waals surface area contributed by atoms with Crippen molar-refractivity contribution in [2.45, 2.75) is 19.8 Å². The fourth-order valence-corrected chi connectivity index (χ4v) is 4.79. The summed E-state index contributed by atoms with van der Waals surface area (Å²) in [6.45, 7) is 4.48. The van der Waals surface area contributed by atoms with Gasteiger partial charge >= 0.3 is 11.9 Å². The van der Waals surface area contributed by atoms with Gasteiger partial charge in [0.1, 0.15) is 13.2 Å². The van der Waals surface area contributed by atoms with E-state index < -0.39 is 17.9 Å². The van der Waals surface area contributed by atoms with E-state index in [-0.39, 0.29) is 0 Å². The minimum Gasteiger partial charge on any atom is -0.486 e. The fraction of sp³-hybridized carbons (Fsp3) is 0.250. The molecule has 1 N–H and O–H groups in total. The molecular formula is C28H27N3O6. The molecule has 0 saturated carbocycles. The van der Waals surface area contributed by atoms with E-state index in [4.69, 9.17) is 24.0 Å². The number of hydrogen-bond donors (Lipinski definition) is 1. The third-order valence-electron chi connectivity index (χ3n) is 6.46. The summed E-state index contributed by atoms with van der Waals surface area (Å²) < 4.78 is 23.5. The van der Waals surface area contributed by atoms with Gasteiger partial charge in [-0.1, -0.05) is 18.2 Å². The first-order valence-electron chi connectivity index (χ1n) is 11.8. The Morgan fingerprint density at radius 2 is 1.54 bits per heavy atom. The molecule has 0 unspecified atom stereocenters. The number of benzene rings is 2. The molecule has 3 aromatic rings. The number of ether oxygens (including phenoxy) is 4. The van der Waals surface area contributed by atoms with Crippen LogP contribution < -0.4 is 14.8 Å². The van der Waals surface area contributed by atoms with Gasteiger partial charge in [0.15, 0.2) is 11.5 Å². The van der Waals surface area contributed by atoms with Crippen molar-refractivity contribution < 1.29 is 28.5 Å². The van der Waals surface area contributed by atoms with Crippen molar-refractivity contribution in [1.82, 2.24) is 15.1 Å². The van der Waals surface area contributed by atoms with Crippen molar-refractivity contribution in [1.29, 1.82) is 0 Å². The lowest BCUT2D eigenvalue weighted by Crippen LogP contribution is -2.32. The van der Waals surface area contributed by atoms with Crippen LogP contribution in [0, 0.1) is 0 Å². The summed E-state index contributed by atoms with van der Waals surface area (Å²) in [5, 5.41) is 8.06. The summed E-state index contributed by atoms with van der Waals surface area (Å²) in [5.41, 5.74) is 4.57. The first-order valence-corrected chi connectivity index (χ1v) is 11.8. The number of hydrogen-bond acceptors (Lipinski definition) is 8. The van der Waals surface area contributed by atoms with Gasteiger partial charge in [-0.2, -0.15) is 5.10 Å². The minimum atomic E-state index is -0.790. The molecule has 0 saturated heterocycles. The van der Waals surface area contributed by atoms with E-state index in [1.807, 2.05) is 54.7 Å². The van der Waals surface area contributed by atoms with Crippen LogP contribution in [0.2, 0.25) is 0 Å². The maximum absolute atomic E-state index is 13.1. The normalized spacial score (nSPS) is 15.4. The third-order valence-corrected chi connectivity index (χ3v) is 6.46. The van der Waals surface area contributed by atoms with E-state index in [9.17, 15) is 9.59 Å². The van der Waals surface area contributed by atoms with E-state index in [0.717, 1.165) is 11.3 Å². The molecule has 9 heteroatoms. The highest BCUT2D eigenvalue weighted by atomic mass is 16.6. The molecule has 37 heavy (non-hydrogen) atoms. The largest absolute Gasteiger partial charge is 0.486 e. The van der Waals surface area contributed by atoms with Crippen LogP contribution in [0.1, 0.15) is 25.3 Å². The van der Waals surface area contributed by atoms with E-state index in [0.29, 0.717) is 58.5 Å². The zero-order valence-electron chi connectivity index (χ0n) is 21.0. The summed E-state index contributed by atoms with van der Waals surface area (Å²) in [4.78, 5) is 26.2. The molecule has 9 nitrogen and oxygen atoms in total. The predicted octanol–water partition coefficient (Wildman–Crippen LogP) is 3.89. The van der Waals surface area contributed by atoms with Crippen LogP contribution in [0.4, 0.5) is 0 Å². The topological polar surface area (TPSA) is 101 Å². The smallest absolute Gasteiger partial charge is 0.336 e. The number of nitrogens with one attached hydrogen (secondary N) is 1. The number of fused-ring (bicyclic) bond motifs is 1. The van der Waals surface area contributed by atoms with Crippen LogP contribution in [0.5, 0.6) is 11.5 Å². The molecule has 2 aliphatic rings. The summed E-state index contributed by atoms with van der Waals surface area (Å²) in [6, 6.07) is 15.2. The SMILES string of the molecule is COC(=O)C1=C(C)NC(C)=C(C(=O)OC)C1c1cn(-c2ccccc2)nc1-c1ccc2c(c1)OCCO2. The monoisotopic (exact) mass is 501 g/mol. The number of carbonyl (C=O) groups is 2. The number of methoxy groups -OCH3 is 2. The second-order valence-corrected chi connectivity index (χ2v) is 8.69. The molecule has 5 rings (SSSR count). The first-order chi connectivity index (χ1) is 17.9. The predicted molar refractivity (Wildman–Crippen MR) is 135 cm³/mol. The Labute approximate surface area is 214 Å². The summed E-state index contributed by atoms with van der Waals surface area (Å²) in [6.07, 6.45) is 1.84. The molecule has 2 aromatic carbocycles. The first kappa shape index (κ1) is 24.2. The molecule has 2 aliphatic heterocycles. The van der Waals surface area contributed by atoms with Crippen LogP contribution in [-0.2, 0) is 19.1 Å². The molecule has 1 aromatic heterocycles. The Balaban J connectivity index is 1.78. The standard InChI is InChI=1S/C28H27N3O6/c1-16-23(27(32)34-3)25(24(17(2)29-16)28(33)35-4)20-15-31(19-8-6-5-7-9-19)30-26(20)18-10-11-21-22(14-18)37-13-12-36-21/h5-11,14-15,25,29H,12-13H2,1-4H3. The Morgan fingerprint density at radius 1 is 0.919 bits per heavy atom. The quantitative estimate of drug-likeness (QED) is 0.526. The second kappa shape index (κ2) is 9.85. The highest BCUT2D eigenvalue weighted by molar-refractivity contribution is 6.00. The van der Waals surface area contributed by atoms with Crippen LogP contribution >= 0.6 is 0 Å². The van der Waals surface area contributed by atoms with Gasteiger partial charge in [-0.15, -0.1) is 0 Å². The number of esters is 2. The molecule has 3 heterocycles. The van der Waals surface area contributed by atoms with Gasteiger partial charge in [0.2, 0.25) is 0 Å². The third kappa shape index (κ3) is 4.33. The van der Waals surface area contributed by atoms with E-state index in [1.165, 1.54) is 14.2 Å². The maximum atomic E-state index is 13.1. The summed E-state index contributed by atoms with van der Waals surface area (Å²) in [7, 11) is 2.63. The van der Waals surface area contributed by atoms with Gasteiger partial charge in [0, 0.05) is 28.7 Å². The summed E-state index contributed by atoms with van der Waals surface area (Å²) >= 11 is 0. The molecule has 0 spiro atoms. The van der Waals surface area contributed by atoms with Gasteiger partial charge in [-0.25, -0.2) is 14.3 Å². The van der Waals surface area contributed by atoms with Gasteiger partial charge in [0.25, 0.3) is 0 Å². The number of carbonyl (C=O) groups excluding carboxylic acids is 2. The van der Waals surface area contributed by atoms with Crippen LogP contribution in [0.15, 0.2) is 77.3 Å². The molecule has 0 amide bonds. The number of dihydropyridines is 1. The maximum Gasteiger partial charge on any atom is 0.336 e. The number of rotatable bonds is 5. The fourth-order valence-electron chi connectivity index (χ4n) is 4.79. The molecule has 0 fully saturated rings. The van der Waals surface area contributed by atoms with E-state index in [2.05, 4.69) is 5.32 Å². The lowest BCUT2D eigenvalue weighted by molar-refractivity contribution is -0.137. The van der Waals surface area contributed by atoms with Gasteiger partial charge < -0.3 is 24.3 Å². The van der Waals surface area contributed by atoms with Crippen molar-refractivity contribution in [3.8, 4) is 28.4 Å². The van der Waals surface area contributed by atoms with Gasteiger partial charge in [-0.3, -0.25) is 0 Å². The second-order valence-electron chi connectivity index (χ2n) is 8.69. The highest BCUT2D eigenvalue weighted by Crippen LogP contribution is 2.44. The molecule has 0 bridgehead atoms. The lowest BCUT2D eigenvalue weighted by atomic mass is 9.79. The number of aromatic nitrogens is 2. The van der Waals surface area contributed by atoms with Gasteiger partial charge in [-0.05, 0) is 44.2 Å². The average molecular weight is 502 g/mol. The lowest BCUT2D eigenvalue weighted by Gasteiger charge is -2.29. The van der Waals surface area contributed by atoms with Crippen molar-refractivity contribution in [2.24, 2.45) is 0 Å². The van der Waals surface area contributed by atoms with E-state index >= 15 is 0 Å². The number of allylic oxidation sites excluding steroid dienone is 2. The molecule has 0 aliphatic carbocycles. The molecule has 0 radical (unpaired) electrons. The van der Waals surface area contributed by atoms with Crippen LogP contribution in [-0.4, -0.2) is 49.2 Å². The van der Waals surface area contributed by atoms with Crippen molar-refractivity contribution in [3.63, 3.8) is 0 Å². The van der Waals surface area contributed by atoms with Gasteiger partial charge in [0.05, 0.1) is 42.7 Å². The Hall–Kier alpha value is -4.53.